The molecule has 6 heteroatoms. The van der Waals surface area contributed by atoms with E-state index in [0.29, 0.717) is 10.7 Å². The zero-order valence-electron chi connectivity index (χ0n) is 15.9. The number of H-pyrrole nitrogens is 1. The Balaban J connectivity index is 1.80. The maximum absolute atomic E-state index is 12.5. The number of carbonyl (C=O) groups excluding carboxylic acids is 1. The largest absolute Gasteiger partial charge is 0.309 e. The fraction of sp³-hybridized carbons (Fsp3) is 0.118. The fourth-order valence-corrected chi connectivity index (χ4v) is 2.00. The molecule has 0 bridgehead atoms. The number of benzene rings is 1. The normalized spacial score (nSPS) is 14.3. The Bertz CT molecular complexity index is 945. The van der Waals surface area contributed by atoms with Crippen LogP contribution in [0.1, 0.15) is 17.4 Å². The summed E-state index contributed by atoms with van der Waals surface area (Å²) >= 11 is 5.79. The lowest BCUT2D eigenvalue weighted by atomic mass is 10.1. The summed E-state index contributed by atoms with van der Waals surface area (Å²) in [5.74, 6) is -1.06. The number of rotatable bonds is 5. The second kappa shape index (κ2) is 7.07. The topological polar surface area (TPSA) is 70.7 Å². The molecule has 1 amide bonds. The maximum Gasteiger partial charge on any atom is 0.225 e. The standard InChI is InChI=1S/C17H15ClN4O/c18-14-4-1-12(2-5-14)3-6-17(23)20-16-11-15(21-22-16)13-7-9-19-10-8-13/h1-2,4-5,7-11H,3,6H2,(H2,20,21,22,23)/i3D2,6D2. The SMILES string of the molecule is [2H]C([2H])(C(=O)Nc1cc(-c2ccncc2)[nH]n1)C([2H])([2H])c1ccc(Cl)cc1. The molecular formula is C17H15ClN4O. The van der Waals surface area contributed by atoms with Crippen LogP contribution in [0.25, 0.3) is 11.3 Å². The summed E-state index contributed by atoms with van der Waals surface area (Å²) in [7, 11) is 0. The van der Waals surface area contributed by atoms with E-state index in [1.54, 1.807) is 24.5 Å². The van der Waals surface area contributed by atoms with Crippen LogP contribution in [0.2, 0.25) is 5.02 Å². The van der Waals surface area contributed by atoms with Crippen molar-refractivity contribution in [2.75, 3.05) is 5.32 Å². The Morgan fingerprint density at radius 3 is 2.70 bits per heavy atom. The number of nitrogens with one attached hydrogen (secondary N) is 2. The van der Waals surface area contributed by atoms with Crippen LogP contribution in [-0.4, -0.2) is 21.1 Å². The Hall–Kier alpha value is -2.66. The number of amides is 1. The number of aromatic amines is 1. The van der Waals surface area contributed by atoms with Crippen molar-refractivity contribution in [3.05, 3.63) is 65.4 Å². The first-order valence-corrected chi connectivity index (χ1v) is 7.13. The third kappa shape index (κ3) is 4.17. The van der Waals surface area contributed by atoms with Gasteiger partial charge in [-0.05, 0) is 36.2 Å². The Kier molecular flexibility index (Phi) is 3.37. The molecule has 0 saturated carbocycles. The molecule has 0 aliphatic rings. The van der Waals surface area contributed by atoms with E-state index in [2.05, 4.69) is 20.5 Å². The molecule has 0 aliphatic heterocycles. The summed E-state index contributed by atoms with van der Waals surface area (Å²) in [6.45, 7) is 0. The summed E-state index contributed by atoms with van der Waals surface area (Å²) in [6.07, 6.45) is -2.22. The predicted molar refractivity (Wildman–Crippen MR) is 90.2 cm³/mol. The number of pyridine rings is 1. The summed E-state index contributed by atoms with van der Waals surface area (Å²) in [5.41, 5.74) is 1.40. The number of aromatic nitrogens is 3. The predicted octanol–water partition coefficient (Wildman–Crippen LogP) is 3.70. The molecule has 0 aliphatic carbocycles. The lowest BCUT2D eigenvalue weighted by molar-refractivity contribution is -0.116. The number of halogens is 1. The van der Waals surface area contributed by atoms with E-state index in [4.69, 9.17) is 17.1 Å². The van der Waals surface area contributed by atoms with E-state index in [1.165, 1.54) is 30.3 Å². The summed E-state index contributed by atoms with van der Waals surface area (Å²) < 4.78 is 32.4. The summed E-state index contributed by atoms with van der Waals surface area (Å²) in [5, 5.41) is 9.37. The Labute approximate surface area is 144 Å². The highest BCUT2D eigenvalue weighted by molar-refractivity contribution is 6.30. The quantitative estimate of drug-likeness (QED) is 0.749. The highest BCUT2D eigenvalue weighted by atomic mass is 35.5. The lowest BCUT2D eigenvalue weighted by Gasteiger charge is -2.02. The van der Waals surface area contributed by atoms with Gasteiger partial charge in [0, 0.05) is 40.9 Å². The molecule has 0 fully saturated rings. The van der Waals surface area contributed by atoms with Crippen molar-refractivity contribution < 1.29 is 10.3 Å². The molecule has 3 aromatic rings. The third-order valence-electron chi connectivity index (χ3n) is 2.98. The lowest BCUT2D eigenvalue weighted by Crippen LogP contribution is -2.12. The third-order valence-corrected chi connectivity index (χ3v) is 3.23. The van der Waals surface area contributed by atoms with E-state index >= 15 is 0 Å². The highest BCUT2D eigenvalue weighted by Gasteiger charge is 2.07. The number of carbonyl (C=O) groups is 1. The fourth-order valence-electron chi connectivity index (χ4n) is 1.87. The van der Waals surface area contributed by atoms with Crippen LogP contribution in [0, 0.1) is 0 Å². The van der Waals surface area contributed by atoms with Crippen molar-refractivity contribution in [1.29, 1.82) is 0 Å². The molecule has 2 N–H and O–H groups in total. The molecule has 2 aromatic heterocycles. The number of anilines is 1. The first-order valence-electron chi connectivity index (χ1n) is 8.75. The molecule has 0 saturated heterocycles. The van der Waals surface area contributed by atoms with Crippen molar-refractivity contribution in [1.82, 2.24) is 15.2 Å². The van der Waals surface area contributed by atoms with E-state index in [9.17, 15) is 4.79 Å². The van der Waals surface area contributed by atoms with Gasteiger partial charge in [0.15, 0.2) is 5.82 Å². The minimum atomic E-state index is -2.85. The van der Waals surface area contributed by atoms with Crippen LogP contribution >= 0.6 is 11.6 Å². The van der Waals surface area contributed by atoms with Gasteiger partial charge in [-0.1, -0.05) is 23.7 Å². The second-order valence-electron chi connectivity index (χ2n) is 4.61. The van der Waals surface area contributed by atoms with Gasteiger partial charge in [-0.3, -0.25) is 14.9 Å². The van der Waals surface area contributed by atoms with E-state index < -0.39 is 18.7 Å². The molecule has 0 spiro atoms. The van der Waals surface area contributed by atoms with Crippen LogP contribution in [0.5, 0.6) is 0 Å². The zero-order chi connectivity index (χ0) is 19.7. The summed E-state index contributed by atoms with van der Waals surface area (Å²) in [4.78, 5) is 16.4. The van der Waals surface area contributed by atoms with Crippen LogP contribution in [-0.2, 0) is 11.2 Å². The van der Waals surface area contributed by atoms with Crippen molar-refractivity contribution in [2.45, 2.75) is 12.7 Å². The Morgan fingerprint density at radius 1 is 1.22 bits per heavy atom. The first kappa shape index (κ1) is 11.0. The molecule has 0 radical (unpaired) electrons. The average molecular weight is 331 g/mol. The molecule has 116 valence electrons. The molecule has 3 rings (SSSR count). The van der Waals surface area contributed by atoms with Gasteiger partial charge in [-0.15, -0.1) is 0 Å². The van der Waals surface area contributed by atoms with Crippen LogP contribution in [0.3, 0.4) is 0 Å². The minimum Gasteiger partial charge on any atom is -0.309 e. The monoisotopic (exact) mass is 330 g/mol. The highest BCUT2D eigenvalue weighted by Crippen LogP contribution is 2.18. The Morgan fingerprint density at radius 2 is 1.96 bits per heavy atom. The first-order chi connectivity index (χ1) is 12.7. The molecule has 23 heavy (non-hydrogen) atoms. The molecule has 0 unspecified atom stereocenters. The number of aryl methyl sites for hydroxylation is 1. The van der Waals surface area contributed by atoms with Crippen molar-refractivity contribution in [3.63, 3.8) is 0 Å². The zero-order valence-corrected chi connectivity index (χ0v) is 12.6. The number of hydrogen-bond acceptors (Lipinski definition) is 3. The van der Waals surface area contributed by atoms with E-state index in [-0.39, 0.29) is 11.4 Å². The maximum atomic E-state index is 12.5. The average Bonchev–Trinajstić information content (AvgIpc) is 3.11. The van der Waals surface area contributed by atoms with Crippen molar-refractivity contribution in [2.24, 2.45) is 0 Å². The van der Waals surface area contributed by atoms with Crippen LogP contribution < -0.4 is 5.32 Å². The molecule has 1 aromatic carbocycles. The van der Waals surface area contributed by atoms with Gasteiger partial charge in [0.25, 0.3) is 0 Å². The molecule has 2 heterocycles. The molecular weight excluding hydrogens is 312 g/mol. The molecule has 5 nitrogen and oxygen atoms in total. The van der Waals surface area contributed by atoms with Gasteiger partial charge in [0.2, 0.25) is 5.91 Å². The van der Waals surface area contributed by atoms with Gasteiger partial charge in [0.1, 0.15) is 0 Å². The van der Waals surface area contributed by atoms with Crippen LogP contribution in [0.15, 0.2) is 54.9 Å². The minimum absolute atomic E-state index is 0.00607. The molecule has 0 atom stereocenters. The van der Waals surface area contributed by atoms with Gasteiger partial charge < -0.3 is 5.32 Å². The number of nitrogens with zero attached hydrogens (tertiary/aromatic N) is 2. The van der Waals surface area contributed by atoms with Crippen molar-refractivity contribution in [3.8, 4) is 11.3 Å². The van der Waals surface area contributed by atoms with Gasteiger partial charge in [0.05, 0.1) is 5.69 Å². The summed E-state index contributed by atoms with van der Waals surface area (Å²) in [6, 6.07) is 10.6. The van der Waals surface area contributed by atoms with Gasteiger partial charge in [-0.2, -0.15) is 5.10 Å². The van der Waals surface area contributed by atoms with Crippen LogP contribution in [0.4, 0.5) is 5.82 Å². The smallest absolute Gasteiger partial charge is 0.225 e. The van der Waals surface area contributed by atoms with E-state index in [1.807, 2.05) is 0 Å². The van der Waals surface area contributed by atoms with Crippen molar-refractivity contribution >= 4 is 23.3 Å². The van der Waals surface area contributed by atoms with E-state index in [0.717, 1.165) is 5.56 Å². The van der Waals surface area contributed by atoms with Gasteiger partial charge >= 0.3 is 0 Å². The number of hydrogen-bond donors (Lipinski definition) is 2. The van der Waals surface area contributed by atoms with Gasteiger partial charge in [-0.25, -0.2) is 0 Å². The second-order valence-corrected chi connectivity index (χ2v) is 5.05.